The van der Waals surface area contributed by atoms with Gasteiger partial charge in [0.1, 0.15) is 4.60 Å². The molecule has 0 spiro atoms. The summed E-state index contributed by atoms with van der Waals surface area (Å²) >= 11 is 4.52. The van der Waals surface area contributed by atoms with Gasteiger partial charge in [0.05, 0.1) is 0 Å². The quantitative estimate of drug-likeness (QED) is 0.828. The topological polar surface area (TPSA) is 22.1 Å². The van der Waals surface area contributed by atoms with Crippen molar-refractivity contribution in [2.75, 3.05) is 0 Å². The zero-order chi connectivity index (χ0) is 10.8. The van der Waals surface area contributed by atoms with Crippen LogP contribution >= 0.6 is 27.3 Å². The van der Waals surface area contributed by atoms with Crippen LogP contribution in [0.5, 0.6) is 10.9 Å². The Hall–Kier alpha value is -0.940. The molecule has 1 aromatic heterocycles. The highest BCUT2D eigenvalue weighted by molar-refractivity contribution is 9.10. The molecule has 0 unspecified atom stereocenters. The summed E-state index contributed by atoms with van der Waals surface area (Å²) in [4.78, 5) is 4.02. The second-order valence-electron chi connectivity index (χ2n) is 2.97. The third-order valence-corrected chi connectivity index (χ3v) is 3.17. The number of hydrogen-bond acceptors (Lipinski definition) is 3. The van der Waals surface area contributed by atoms with Crippen LogP contribution in [0.15, 0.2) is 28.2 Å². The molecule has 2 aromatic rings. The Morgan fingerprint density at radius 1 is 1.47 bits per heavy atom. The van der Waals surface area contributed by atoms with Crippen LogP contribution in [0.2, 0.25) is 0 Å². The number of rotatable bonds is 2. The minimum absolute atomic E-state index is 0.205. The van der Waals surface area contributed by atoms with E-state index >= 15 is 0 Å². The zero-order valence-corrected chi connectivity index (χ0v) is 10.2. The fraction of sp³-hybridized carbons (Fsp3) is 0.100. The van der Waals surface area contributed by atoms with Crippen LogP contribution in [0.3, 0.4) is 0 Å². The van der Waals surface area contributed by atoms with Gasteiger partial charge in [0.15, 0.2) is 11.6 Å². The van der Waals surface area contributed by atoms with Crippen molar-refractivity contribution in [3.05, 3.63) is 39.6 Å². The molecular formula is C10H7BrFNOS. The van der Waals surface area contributed by atoms with Gasteiger partial charge in [-0.1, -0.05) is 17.4 Å². The summed E-state index contributed by atoms with van der Waals surface area (Å²) in [6.07, 6.45) is 0. The number of thiazole rings is 1. The third kappa shape index (κ3) is 2.54. The summed E-state index contributed by atoms with van der Waals surface area (Å²) in [6.45, 7) is 1.88. The van der Waals surface area contributed by atoms with Crippen LogP contribution in [-0.2, 0) is 0 Å². The molecule has 2 rings (SSSR count). The van der Waals surface area contributed by atoms with Gasteiger partial charge < -0.3 is 4.74 Å². The Kier molecular flexibility index (Phi) is 3.02. The molecule has 0 saturated carbocycles. The summed E-state index contributed by atoms with van der Waals surface area (Å²) in [6, 6.07) is 4.72. The van der Waals surface area contributed by atoms with Gasteiger partial charge in [-0.25, -0.2) is 4.39 Å². The average Bonchev–Trinajstić information content (AvgIpc) is 2.58. The number of aromatic nitrogens is 1. The lowest BCUT2D eigenvalue weighted by atomic mass is 10.2. The van der Waals surface area contributed by atoms with Gasteiger partial charge in [-0.2, -0.15) is 4.98 Å². The molecule has 0 fully saturated rings. The van der Waals surface area contributed by atoms with Crippen molar-refractivity contribution in [2.45, 2.75) is 6.92 Å². The van der Waals surface area contributed by atoms with Crippen molar-refractivity contribution in [1.82, 2.24) is 4.98 Å². The number of ether oxygens (including phenoxy) is 1. The van der Waals surface area contributed by atoms with Crippen molar-refractivity contribution in [3.8, 4) is 10.9 Å². The predicted octanol–water partition coefficient (Wildman–Crippen LogP) is 4.15. The van der Waals surface area contributed by atoms with Gasteiger partial charge >= 0.3 is 0 Å². The maximum absolute atomic E-state index is 13.3. The van der Waals surface area contributed by atoms with Crippen LogP contribution in [-0.4, -0.2) is 4.98 Å². The lowest BCUT2D eigenvalue weighted by Gasteiger charge is -2.03. The number of hydrogen-bond donors (Lipinski definition) is 0. The molecule has 5 heteroatoms. The van der Waals surface area contributed by atoms with E-state index in [1.807, 2.05) is 6.92 Å². The first kappa shape index (κ1) is 10.6. The van der Waals surface area contributed by atoms with Gasteiger partial charge in [0, 0.05) is 5.38 Å². The van der Waals surface area contributed by atoms with Crippen molar-refractivity contribution in [3.63, 3.8) is 0 Å². The number of benzene rings is 1. The molecule has 0 aliphatic heterocycles. The highest BCUT2D eigenvalue weighted by Crippen LogP contribution is 2.29. The van der Waals surface area contributed by atoms with Crippen molar-refractivity contribution < 1.29 is 9.13 Å². The van der Waals surface area contributed by atoms with Crippen LogP contribution < -0.4 is 4.74 Å². The van der Waals surface area contributed by atoms with E-state index in [0.717, 1.165) is 5.56 Å². The Morgan fingerprint density at radius 2 is 2.27 bits per heavy atom. The standard InChI is InChI=1S/C10H7BrFNOS/c1-6-2-3-7(12)8(4-6)14-10-13-9(11)5-15-10/h2-5H,1H3. The number of halogens is 2. The maximum atomic E-state index is 13.3. The van der Waals surface area contributed by atoms with Crippen LogP contribution in [0.4, 0.5) is 4.39 Å². The first-order valence-corrected chi connectivity index (χ1v) is 5.87. The van der Waals surface area contributed by atoms with Gasteiger partial charge in [-0.15, -0.1) is 0 Å². The van der Waals surface area contributed by atoms with Gasteiger partial charge in [-0.3, -0.25) is 0 Å². The molecule has 0 saturated heterocycles. The van der Waals surface area contributed by atoms with Gasteiger partial charge in [0.25, 0.3) is 5.19 Å². The van der Waals surface area contributed by atoms with Crippen LogP contribution in [0.25, 0.3) is 0 Å². The van der Waals surface area contributed by atoms with Crippen molar-refractivity contribution >= 4 is 27.3 Å². The minimum atomic E-state index is -0.382. The van der Waals surface area contributed by atoms with E-state index in [0.29, 0.717) is 9.80 Å². The molecule has 0 aliphatic carbocycles. The molecular weight excluding hydrogens is 281 g/mol. The van der Waals surface area contributed by atoms with Crippen molar-refractivity contribution in [1.29, 1.82) is 0 Å². The molecule has 0 bridgehead atoms. The molecule has 0 amide bonds. The second kappa shape index (κ2) is 4.28. The van der Waals surface area contributed by atoms with E-state index in [1.165, 1.54) is 17.4 Å². The van der Waals surface area contributed by atoms with E-state index in [4.69, 9.17) is 4.74 Å². The van der Waals surface area contributed by atoms with E-state index < -0.39 is 0 Å². The summed E-state index contributed by atoms with van der Waals surface area (Å²) in [5.74, 6) is -0.177. The lowest BCUT2D eigenvalue weighted by Crippen LogP contribution is -1.88. The summed E-state index contributed by atoms with van der Waals surface area (Å²) in [7, 11) is 0. The highest BCUT2D eigenvalue weighted by atomic mass is 79.9. The second-order valence-corrected chi connectivity index (χ2v) is 4.61. The number of aryl methyl sites for hydroxylation is 1. The van der Waals surface area contributed by atoms with Gasteiger partial charge in [0.2, 0.25) is 0 Å². The number of nitrogens with zero attached hydrogens (tertiary/aromatic N) is 1. The largest absolute Gasteiger partial charge is 0.428 e. The summed E-state index contributed by atoms with van der Waals surface area (Å²) in [5.41, 5.74) is 0.946. The van der Waals surface area contributed by atoms with E-state index in [1.54, 1.807) is 17.5 Å². The average molecular weight is 288 g/mol. The van der Waals surface area contributed by atoms with E-state index in [-0.39, 0.29) is 11.6 Å². The first-order chi connectivity index (χ1) is 7.15. The van der Waals surface area contributed by atoms with Crippen LogP contribution in [0.1, 0.15) is 5.56 Å². The minimum Gasteiger partial charge on any atom is -0.428 e. The molecule has 1 heterocycles. The predicted molar refractivity (Wildman–Crippen MR) is 61.0 cm³/mol. The fourth-order valence-electron chi connectivity index (χ4n) is 1.07. The Morgan fingerprint density at radius 3 is 2.93 bits per heavy atom. The normalized spacial score (nSPS) is 10.3. The Labute approximate surface area is 98.9 Å². The molecule has 0 atom stereocenters. The molecule has 0 N–H and O–H groups in total. The molecule has 78 valence electrons. The monoisotopic (exact) mass is 287 g/mol. The van der Waals surface area contributed by atoms with E-state index in [9.17, 15) is 4.39 Å². The summed E-state index contributed by atoms with van der Waals surface area (Å²) < 4.78 is 19.3. The lowest BCUT2D eigenvalue weighted by molar-refractivity contribution is 0.438. The van der Waals surface area contributed by atoms with Gasteiger partial charge in [-0.05, 0) is 40.5 Å². The van der Waals surface area contributed by atoms with Crippen LogP contribution in [0, 0.1) is 12.7 Å². The Balaban J connectivity index is 2.27. The molecule has 2 nitrogen and oxygen atoms in total. The zero-order valence-electron chi connectivity index (χ0n) is 7.83. The SMILES string of the molecule is Cc1ccc(F)c(Oc2nc(Br)cs2)c1. The van der Waals surface area contributed by atoms with E-state index in [2.05, 4.69) is 20.9 Å². The maximum Gasteiger partial charge on any atom is 0.279 e. The third-order valence-electron chi connectivity index (χ3n) is 1.74. The Bertz CT molecular complexity index is 486. The first-order valence-electron chi connectivity index (χ1n) is 4.20. The molecule has 15 heavy (non-hydrogen) atoms. The van der Waals surface area contributed by atoms with Crippen molar-refractivity contribution in [2.24, 2.45) is 0 Å². The smallest absolute Gasteiger partial charge is 0.279 e. The molecule has 0 aliphatic rings. The highest BCUT2D eigenvalue weighted by Gasteiger charge is 2.07. The summed E-state index contributed by atoms with van der Waals surface area (Å²) in [5, 5.41) is 2.20. The molecule has 0 radical (unpaired) electrons. The molecule has 1 aromatic carbocycles. The fourth-order valence-corrected chi connectivity index (χ4v) is 2.17.